The molecule has 4 aromatic rings. The first kappa shape index (κ1) is 38.5. The van der Waals surface area contributed by atoms with Crippen LogP contribution in [-0.2, 0) is 5.41 Å². The summed E-state index contributed by atoms with van der Waals surface area (Å²) in [7, 11) is 0. The van der Waals surface area contributed by atoms with E-state index in [1.807, 2.05) is 24.3 Å². The first-order valence-corrected chi connectivity index (χ1v) is 16.6. The molecule has 270 valence electrons. The summed E-state index contributed by atoms with van der Waals surface area (Å²) >= 11 is 0. The number of carboxylic acid groups (broad SMARTS) is 4. The number of benzene rings is 4. The molecule has 0 amide bonds. The normalized spacial score (nSPS) is 11.0. The number of ether oxygens (including phenoxy) is 2. The van der Waals surface area contributed by atoms with E-state index in [0.29, 0.717) is 0 Å². The molecule has 0 heterocycles. The second-order valence-corrected chi connectivity index (χ2v) is 12.4. The van der Waals surface area contributed by atoms with Crippen LogP contribution in [0.3, 0.4) is 0 Å². The van der Waals surface area contributed by atoms with Crippen molar-refractivity contribution in [1.82, 2.24) is 0 Å². The van der Waals surface area contributed by atoms with Crippen LogP contribution in [0.4, 0.5) is 0 Å². The number of rotatable bonds is 17. The van der Waals surface area contributed by atoms with Crippen LogP contribution in [0.25, 0.3) is 0 Å². The predicted molar refractivity (Wildman–Crippen MR) is 188 cm³/mol. The van der Waals surface area contributed by atoms with Crippen molar-refractivity contribution < 1.29 is 58.7 Å². The van der Waals surface area contributed by atoms with E-state index in [2.05, 4.69) is 13.8 Å². The summed E-state index contributed by atoms with van der Waals surface area (Å²) in [6.07, 6.45) is 7.26. The summed E-state index contributed by atoms with van der Waals surface area (Å²) in [6.45, 7) is 4.24. The van der Waals surface area contributed by atoms with Gasteiger partial charge in [0.2, 0.25) is 0 Å². The van der Waals surface area contributed by atoms with Crippen molar-refractivity contribution in [3.8, 4) is 11.5 Å². The molecule has 0 unspecified atom stereocenters. The van der Waals surface area contributed by atoms with Gasteiger partial charge in [-0.05, 0) is 78.2 Å². The van der Waals surface area contributed by atoms with Crippen LogP contribution in [0.1, 0.15) is 132 Å². The lowest BCUT2D eigenvalue weighted by molar-refractivity contribution is 0.0650. The minimum Gasteiger partial charge on any atom is -0.478 e. The molecular formula is C40H38O12. The molecule has 0 radical (unpaired) electrons. The zero-order valence-corrected chi connectivity index (χ0v) is 28.6. The Morgan fingerprint density at radius 1 is 0.500 bits per heavy atom. The van der Waals surface area contributed by atoms with Gasteiger partial charge in [-0.25, -0.2) is 28.8 Å². The maximum atomic E-state index is 12.9. The summed E-state index contributed by atoms with van der Waals surface area (Å²) in [6, 6.07) is 20.2. The highest BCUT2D eigenvalue weighted by atomic mass is 16.5. The maximum Gasteiger partial charge on any atom is 0.343 e. The largest absolute Gasteiger partial charge is 0.478 e. The molecule has 52 heavy (non-hydrogen) atoms. The van der Waals surface area contributed by atoms with Gasteiger partial charge in [0.05, 0.1) is 33.4 Å². The lowest BCUT2D eigenvalue weighted by Crippen LogP contribution is -2.24. The number of hydrogen-bond donors (Lipinski definition) is 4. The highest BCUT2D eigenvalue weighted by Gasteiger charge is 2.29. The fourth-order valence-corrected chi connectivity index (χ4v) is 5.90. The molecule has 0 bridgehead atoms. The molecule has 4 rings (SSSR count). The van der Waals surface area contributed by atoms with Crippen molar-refractivity contribution in [3.05, 3.63) is 129 Å². The number of esters is 2. The zero-order chi connectivity index (χ0) is 38.0. The van der Waals surface area contributed by atoms with Crippen molar-refractivity contribution >= 4 is 35.8 Å². The lowest BCUT2D eigenvalue weighted by atomic mass is 9.72. The van der Waals surface area contributed by atoms with Crippen molar-refractivity contribution in [2.24, 2.45) is 0 Å². The van der Waals surface area contributed by atoms with Crippen molar-refractivity contribution in [1.29, 1.82) is 0 Å². The third-order valence-electron chi connectivity index (χ3n) is 8.87. The van der Waals surface area contributed by atoms with E-state index in [1.165, 1.54) is 18.6 Å². The Labute approximate surface area is 299 Å². The molecule has 0 aliphatic rings. The van der Waals surface area contributed by atoms with Crippen molar-refractivity contribution in [2.75, 3.05) is 0 Å². The van der Waals surface area contributed by atoms with E-state index in [0.717, 1.165) is 73.9 Å². The molecule has 0 saturated carbocycles. The lowest BCUT2D eigenvalue weighted by Gasteiger charge is -2.31. The number of unbranched alkanes of at least 4 members (excludes halogenated alkanes) is 5. The molecular weight excluding hydrogens is 672 g/mol. The summed E-state index contributed by atoms with van der Waals surface area (Å²) in [5.41, 5.74) is -0.942. The molecule has 4 N–H and O–H groups in total. The van der Waals surface area contributed by atoms with Gasteiger partial charge >= 0.3 is 35.8 Å². The average Bonchev–Trinajstić information content (AvgIpc) is 3.12. The topological polar surface area (TPSA) is 202 Å². The van der Waals surface area contributed by atoms with Gasteiger partial charge in [-0.2, -0.15) is 0 Å². The first-order chi connectivity index (χ1) is 24.7. The first-order valence-electron chi connectivity index (χ1n) is 16.6. The van der Waals surface area contributed by atoms with Crippen LogP contribution in [-0.4, -0.2) is 56.2 Å². The molecule has 0 atom stereocenters. The Morgan fingerprint density at radius 2 is 0.865 bits per heavy atom. The molecule has 4 aromatic carbocycles. The van der Waals surface area contributed by atoms with Crippen molar-refractivity contribution in [3.63, 3.8) is 0 Å². The molecule has 12 nitrogen and oxygen atoms in total. The Bertz CT molecular complexity index is 1840. The molecule has 0 spiro atoms. The zero-order valence-electron chi connectivity index (χ0n) is 28.6. The highest BCUT2D eigenvalue weighted by molar-refractivity contribution is 6.05. The SMILES string of the molecule is CCCCCCCCC(C)(c1ccc(OC(=O)c2ccc(C(=O)O)c(C(=O)O)c2)cc1)c1ccc(OC(=O)c2ccc(C(=O)O)c(C(=O)O)c2)cc1. The molecule has 0 saturated heterocycles. The summed E-state index contributed by atoms with van der Waals surface area (Å²) < 4.78 is 11.0. The number of carbonyl (C=O) groups excluding carboxylic acids is 2. The van der Waals surface area contributed by atoms with Gasteiger partial charge in [-0.1, -0.05) is 76.6 Å². The average molecular weight is 711 g/mol. The minimum absolute atomic E-state index is 0.125. The monoisotopic (exact) mass is 710 g/mol. The second kappa shape index (κ2) is 17.1. The van der Waals surface area contributed by atoms with Gasteiger partial charge in [0, 0.05) is 5.41 Å². The fourth-order valence-electron chi connectivity index (χ4n) is 5.90. The Hall–Kier alpha value is -6.30. The highest BCUT2D eigenvalue weighted by Crippen LogP contribution is 2.39. The summed E-state index contributed by atoms with van der Waals surface area (Å²) in [5.74, 6) is -7.18. The standard InChI is InChI=1S/C40H38O12/c1-3-4-5-6-7-8-21-40(2,26-11-15-28(16-12-26)51-38(49)24-9-19-30(34(41)42)32(22-24)36(45)46)27-13-17-29(18-14-27)52-39(50)25-10-20-31(35(43)44)33(23-25)37(47)48/h9-20,22-23H,3-8,21H2,1-2H3,(H,41,42)(H,43,44)(H,45,46)(H,47,48). The summed E-state index contributed by atoms with van der Waals surface area (Å²) in [5, 5.41) is 37.3. The van der Waals surface area contributed by atoms with Gasteiger partial charge in [0.15, 0.2) is 0 Å². The van der Waals surface area contributed by atoms with Gasteiger partial charge in [-0.15, -0.1) is 0 Å². The van der Waals surface area contributed by atoms with Crippen LogP contribution < -0.4 is 9.47 Å². The smallest absolute Gasteiger partial charge is 0.343 e. The summed E-state index contributed by atoms with van der Waals surface area (Å²) in [4.78, 5) is 71.6. The Balaban J connectivity index is 1.55. The van der Waals surface area contributed by atoms with Crippen LogP contribution in [0, 0.1) is 0 Å². The third-order valence-corrected chi connectivity index (χ3v) is 8.87. The van der Waals surface area contributed by atoms with E-state index < -0.39 is 63.5 Å². The van der Waals surface area contributed by atoms with E-state index in [-0.39, 0.29) is 22.6 Å². The van der Waals surface area contributed by atoms with Gasteiger partial charge in [0.1, 0.15) is 11.5 Å². The Kier molecular flexibility index (Phi) is 12.6. The third kappa shape index (κ3) is 9.27. The number of carbonyl (C=O) groups is 6. The van der Waals surface area contributed by atoms with Gasteiger partial charge in [-0.3, -0.25) is 0 Å². The van der Waals surface area contributed by atoms with Gasteiger partial charge in [0.25, 0.3) is 0 Å². The van der Waals surface area contributed by atoms with Crippen LogP contribution in [0.5, 0.6) is 11.5 Å². The Morgan fingerprint density at radius 3 is 1.23 bits per heavy atom. The molecule has 12 heteroatoms. The molecule has 0 aromatic heterocycles. The van der Waals surface area contributed by atoms with E-state index in [4.69, 9.17) is 9.47 Å². The second-order valence-electron chi connectivity index (χ2n) is 12.4. The molecule has 0 aliphatic carbocycles. The van der Waals surface area contributed by atoms with E-state index in [1.54, 1.807) is 24.3 Å². The van der Waals surface area contributed by atoms with Crippen LogP contribution in [0.2, 0.25) is 0 Å². The number of carboxylic acids is 4. The predicted octanol–water partition coefficient (Wildman–Crippen LogP) is 7.97. The molecule has 0 fully saturated rings. The number of aromatic carboxylic acids is 4. The van der Waals surface area contributed by atoms with Crippen LogP contribution in [0.15, 0.2) is 84.9 Å². The van der Waals surface area contributed by atoms with Crippen molar-refractivity contribution in [2.45, 2.75) is 64.2 Å². The number of hydrogen-bond acceptors (Lipinski definition) is 8. The van der Waals surface area contributed by atoms with E-state index >= 15 is 0 Å². The minimum atomic E-state index is -1.49. The van der Waals surface area contributed by atoms with Crippen LogP contribution >= 0.6 is 0 Å². The fraction of sp³-hybridized carbons (Fsp3) is 0.250. The van der Waals surface area contributed by atoms with Gasteiger partial charge < -0.3 is 29.9 Å². The van der Waals surface area contributed by atoms with E-state index in [9.17, 15) is 49.2 Å². The molecule has 0 aliphatic heterocycles. The quantitative estimate of drug-likeness (QED) is 0.0468. The maximum absolute atomic E-state index is 12.9.